The lowest BCUT2D eigenvalue weighted by Crippen LogP contribution is -2.46. The van der Waals surface area contributed by atoms with Gasteiger partial charge in [-0.05, 0) is 50.8 Å². The molecule has 1 aromatic carbocycles. The van der Waals surface area contributed by atoms with Gasteiger partial charge in [0.2, 0.25) is 0 Å². The van der Waals surface area contributed by atoms with Crippen molar-refractivity contribution >= 4 is 0 Å². The SMILES string of the molecule is CC(Cc1c(F)cccc1F)NC1CCCCC1CN. The van der Waals surface area contributed by atoms with Crippen LogP contribution in [0, 0.1) is 17.6 Å². The van der Waals surface area contributed by atoms with E-state index in [9.17, 15) is 8.78 Å². The van der Waals surface area contributed by atoms with Crippen molar-refractivity contribution in [1.29, 1.82) is 0 Å². The van der Waals surface area contributed by atoms with Crippen molar-refractivity contribution in [2.75, 3.05) is 6.54 Å². The fourth-order valence-electron chi connectivity index (χ4n) is 3.17. The quantitative estimate of drug-likeness (QED) is 0.871. The zero-order valence-corrected chi connectivity index (χ0v) is 12.0. The first-order chi connectivity index (χ1) is 9.61. The number of rotatable bonds is 5. The van der Waals surface area contributed by atoms with Gasteiger partial charge in [-0.25, -0.2) is 8.78 Å². The average Bonchev–Trinajstić information content (AvgIpc) is 2.44. The Hall–Kier alpha value is -1.00. The number of halogens is 2. The van der Waals surface area contributed by atoms with Crippen LogP contribution < -0.4 is 11.1 Å². The highest BCUT2D eigenvalue weighted by atomic mass is 19.1. The zero-order valence-electron chi connectivity index (χ0n) is 12.0. The molecular weight excluding hydrogens is 258 g/mol. The van der Waals surface area contributed by atoms with Crippen LogP contribution in [-0.4, -0.2) is 18.6 Å². The molecule has 3 N–H and O–H groups in total. The van der Waals surface area contributed by atoms with Gasteiger partial charge in [-0.15, -0.1) is 0 Å². The van der Waals surface area contributed by atoms with Gasteiger partial charge in [-0.2, -0.15) is 0 Å². The minimum Gasteiger partial charge on any atom is -0.330 e. The van der Waals surface area contributed by atoms with Gasteiger partial charge in [-0.3, -0.25) is 0 Å². The third kappa shape index (κ3) is 3.76. The maximum absolute atomic E-state index is 13.6. The van der Waals surface area contributed by atoms with Gasteiger partial charge >= 0.3 is 0 Å². The smallest absolute Gasteiger partial charge is 0.129 e. The van der Waals surface area contributed by atoms with E-state index in [1.54, 1.807) is 0 Å². The molecule has 20 heavy (non-hydrogen) atoms. The summed E-state index contributed by atoms with van der Waals surface area (Å²) in [4.78, 5) is 0. The summed E-state index contributed by atoms with van der Waals surface area (Å²) in [5, 5.41) is 3.51. The van der Waals surface area contributed by atoms with E-state index in [0.29, 0.717) is 24.9 Å². The Morgan fingerprint density at radius 1 is 1.25 bits per heavy atom. The van der Waals surface area contributed by atoms with Gasteiger partial charge in [0.15, 0.2) is 0 Å². The molecule has 3 atom stereocenters. The molecule has 112 valence electrons. The maximum Gasteiger partial charge on any atom is 0.129 e. The molecule has 0 saturated heterocycles. The first kappa shape index (κ1) is 15.4. The fraction of sp³-hybridized carbons (Fsp3) is 0.625. The molecule has 1 aliphatic carbocycles. The normalized spacial score (nSPS) is 24.6. The minimum absolute atomic E-state index is 0.0403. The minimum atomic E-state index is -0.460. The average molecular weight is 282 g/mol. The summed E-state index contributed by atoms with van der Waals surface area (Å²) in [6, 6.07) is 4.44. The molecule has 4 heteroatoms. The first-order valence-corrected chi connectivity index (χ1v) is 7.50. The van der Waals surface area contributed by atoms with Crippen molar-refractivity contribution in [2.45, 2.75) is 51.1 Å². The molecule has 1 aliphatic rings. The second-order valence-electron chi connectivity index (χ2n) is 5.86. The maximum atomic E-state index is 13.6. The lowest BCUT2D eigenvalue weighted by molar-refractivity contribution is 0.250. The largest absolute Gasteiger partial charge is 0.330 e. The van der Waals surface area contributed by atoms with E-state index in [4.69, 9.17) is 5.73 Å². The number of nitrogens with two attached hydrogens (primary N) is 1. The summed E-state index contributed by atoms with van der Waals surface area (Å²) in [5.74, 6) is -0.438. The van der Waals surface area contributed by atoms with E-state index in [1.165, 1.54) is 31.0 Å². The highest BCUT2D eigenvalue weighted by molar-refractivity contribution is 5.20. The summed E-state index contributed by atoms with van der Waals surface area (Å²) in [7, 11) is 0. The van der Waals surface area contributed by atoms with Crippen LogP contribution in [0.2, 0.25) is 0 Å². The van der Waals surface area contributed by atoms with Crippen LogP contribution >= 0.6 is 0 Å². The van der Waals surface area contributed by atoms with Crippen LogP contribution in [0.3, 0.4) is 0 Å². The van der Waals surface area contributed by atoms with Crippen molar-refractivity contribution in [1.82, 2.24) is 5.32 Å². The highest BCUT2D eigenvalue weighted by Crippen LogP contribution is 2.24. The Balaban J connectivity index is 1.96. The molecule has 1 saturated carbocycles. The monoisotopic (exact) mass is 282 g/mol. The topological polar surface area (TPSA) is 38.0 Å². The molecule has 0 aromatic heterocycles. The van der Waals surface area contributed by atoms with Crippen molar-refractivity contribution < 1.29 is 8.78 Å². The third-order valence-electron chi connectivity index (χ3n) is 4.28. The lowest BCUT2D eigenvalue weighted by atomic mass is 9.84. The molecule has 2 nitrogen and oxygen atoms in total. The molecule has 3 unspecified atom stereocenters. The molecule has 2 rings (SSSR count). The van der Waals surface area contributed by atoms with E-state index in [2.05, 4.69) is 5.32 Å². The van der Waals surface area contributed by atoms with Gasteiger partial charge in [0, 0.05) is 17.6 Å². The number of hydrogen-bond donors (Lipinski definition) is 2. The van der Waals surface area contributed by atoms with Crippen LogP contribution in [-0.2, 0) is 6.42 Å². The zero-order chi connectivity index (χ0) is 14.5. The number of nitrogens with one attached hydrogen (secondary N) is 1. The first-order valence-electron chi connectivity index (χ1n) is 7.50. The van der Waals surface area contributed by atoms with E-state index < -0.39 is 11.6 Å². The molecular formula is C16H24F2N2. The lowest BCUT2D eigenvalue weighted by Gasteiger charge is -2.33. The standard InChI is InChI=1S/C16H24F2N2/c1-11(9-13-14(17)6-4-7-15(13)18)20-16-8-3-2-5-12(16)10-19/h4,6-7,11-12,16,20H,2-3,5,8-10,19H2,1H3. The van der Waals surface area contributed by atoms with E-state index >= 15 is 0 Å². The second-order valence-corrected chi connectivity index (χ2v) is 5.86. The summed E-state index contributed by atoms with van der Waals surface area (Å²) < 4.78 is 27.3. The van der Waals surface area contributed by atoms with Crippen molar-refractivity contribution in [3.05, 3.63) is 35.4 Å². The van der Waals surface area contributed by atoms with Gasteiger partial charge in [0.05, 0.1) is 0 Å². The highest BCUT2D eigenvalue weighted by Gasteiger charge is 2.25. The predicted octanol–water partition coefficient (Wildman–Crippen LogP) is 3.00. The number of hydrogen-bond acceptors (Lipinski definition) is 2. The summed E-state index contributed by atoms with van der Waals surface area (Å²) in [6.45, 7) is 2.66. The Morgan fingerprint density at radius 3 is 2.55 bits per heavy atom. The van der Waals surface area contributed by atoms with Crippen molar-refractivity contribution in [2.24, 2.45) is 11.7 Å². The summed E-state index contributed by atoms with van der Waals surface area (Å²) >= 11 is 0. The van der Waals surface area contributed by atoms with E-state index in [-0.39, 0.29) is 11.6 Å². The van der Waals surface area contributed by atoms with Crippen LogP contribution in [0.4, 0.5) is 8.78 Å². The third-order valence-corrected chi connectivity index (χ3v) is 4.28. The van der Waals surface area contributed by atoms with Crippen LogP contribution in [0.25, 0.3) is 0 Å². The molecule has 0 heterocycles. The van der Waals surface area contributed by atoms with Crippen LogP contribution in [0.15, 0.2) is 18.2 Å². The molecule has 0 spiro atoms. The Kier molecular flexibility index (Phi) is 5.49. The molecule has 0 bridgehead atoms. The van der Waals surface area contributed by atoms with Gasteiger partial charge in [0.25, 0.3) is 0 Å². The molecule has 1 aromatic rings. The Bertz CT molecular complexity index is 416. The second kappa shape index (κ2) is 7.14. The molecule has 0 radical (unpaired) electrons. The van der Waals surface area contributed by atoms with Gasteiger partial charge in [-0.1, -0.05) is 18.9 Å². The van der Waals surface area contributed by atoms with Crippen molar-refractivity contribution in [3.8, 4) is 0 Å². The summed E-state index contributed by atoms with van der Waals surface area (Å²) in [6.07, 6.45) is 5.05. The Morgan fingerprint density at radius 2 is 1.90 bits per heavy atom. The van der Waals surface area contributed by atoms with Gasteiger partial charge < -0.3 is 11.1 Å². The Labute approximate surface area is 119 Å². The molecule has 0 aliphatic heterocycles. The van der Waals surface area contributed by atoms with E-state index in [0.717, 1.165) is 12.8 Å². The fourth-order valence-corrected chi connectivity index (χ4v) is 3.17. The van der Waals surface area contributed by atoms with Crippen LogP contribution in [0.1, 0.15) is 38.2 Å². The van der Waals surface area contributed by atoms with Crippen LogP contribution in [0.5, 0.6) is 0 Å². The van der Waals surface area contributed by atoms with Crippen molar-refractivity contribution in [3.63, 3.8) is 0 Å². The molecule has 1 fully saturated rings. The van der Waals surface area contributed by atoms with Gasteiger partial charge in [0.1, 0.15) is 11.6 Å². The molecule has 0 amide bonds. The predicted molar refractivity (Wildman–Crippen MR) is 77.5 cm³/mol. The van der Waals surface area contributed by atoms with E-state index in [1.807, 2.05) is 6.92 Å². The summed E-state index contributed by atoms with van der Waals surface area (Å²) in [5.41, 5.74) is 5.98. The number of benzene rings is 1.